The van der Waals surface area contributed by atoms with Crippen LogP contribution in [0.1, 0.15) is 44.1 Å². The van der Waals surface area contributed by atoms with Gasteiger partial charge in [-0.3, -0.25) is 15.4 Å². The quantitative estimate of drug-likeness (QED) is 0.295. The third-order valence-corrected chi connectivity index (χ3v) is 6.89. The van der Waals surface area contributed by atoms with E-state index in [0.717, 1.165) is 25.9 Å². The summed E-state index contributed by atoms with van der Waals surface area (Å²) < 4.78 is 30.8. The van der Waals surface area contributed by atoms with Crippen LogP contribution < -0.4 is 5.32 Å². The first-order valence-electron chi connectivity index (χ1n) is 12.3. The molecule has 1 aromatic carbocycles. The van der Waals surface area contributed by atoms with Gasteiger partial charge in [-0.25, -0.2) is 14.1 Å². The minimum absolute atomic E-state index is 0.0603. The molecule has 0 bridgehead atoms. The molecular formula is C25H32FN3O7. The van der Waals surface area contributed by atoms with Gasteiger partial charge in [0.1, 0.15) is 5.82 Å². The number of likely N-dealkylation sites (tertiary alicyclic amines) is 1. The number of piperidine rings is 1. The molecule has 2 heterocycles. The van der Waals surface area contributed by atoms with E-state index in [4.69, 9.17) is 14.2 Å². The highest BCUT2D eigenvalue weighted by atomic mass is 19.1. The maximum absolute atomic E-state index is 13.6. The summed E-state index contributed by atoms with van der Waals surface area (Å²) in [5, 5.41) is 24.1. The lowest BCUT2D eigenvalue weighted by atomic mass is 9.82. The predicted octanol–water partition coefficient (Wildman–Crippen LogP) is 3.76. The molecule has 0 saturated carbocycles. The average molecular weight is 506 g/mol. The highest BCUT2D eigenvalue weighted by Gasteiger charge is 2.55. The van der Waals surface area contributed by atoms with E-state index < -0.39 is 17.6 Å². The van der Waals surface area contributed by atoms with Crippen molar-refractivity contribution in [2.75, 3.05) is 32.9 Å². The van der Waals surface area contributed by atoms with E-state index in [-0.39, 0.29) is 29.4 Å². The highest BCUT2D eigenvalue weighted by Crippen LogP contribution is 2.42. The first kappa shape index (κ1) is 26.2. The van der Waals surface area contributed by atoms with Gasteiger partial charge < -0.3 is 19.3 Å². The van der Waals surface area contributed by atoms with Gasteiger partial charge in [0.2, 0.25) is 0 Å². The minimum Gasteiger partial charge on any atom is -0.465 e. The lowest BCUT2D eigenvalue weighted by molar-refractivity contribution is -0.582. The summed E-state index contributed by atoms with van der Waals surface area (Å²) in [4.78, 5) is 25.3. The molecule has 0 radical (unpaired) electrons. The van der Waals surface area contributed by atoms with E-state index >= 15 is 0 Å². The van der Waals surface area contributed by atoms with Crippen molar-refractivity contribution in [3.63, 3.8) is 0 Å². The number of amides is 1. The molecule has 0 spiro atoms. The van der Waals surface area contributed by atoms with Crippen LogP contribution in [-0.4, -0.2) is 72.0 Å². The van der Waals surface area contributed by atoms with Gasteiger partial charge in [-0.15, -0.1) is 0 Å². The molecule has 2 aliphatic heterocycles. The first-order valence-corrected chi connectivity index (χ1v) is 12.3. The number of ether oxygens (including phenoxy) is 3. The van der Waals surface area contributed by atoms with Gasteiger partial charge in [0.15, 0.2) is 6.29 Å². The second-order valence-corrected chi connectivity index (χ2v) is 9.18. The molecule has 2 N–H and O–H groups in total. The summed E-state index contributed by atoms with van der Waals surface area (Å²) in [6.45, 7) is 2.33. The summed E-state index contributed by atoms with van der Waals surface area (Å²) in [5.41, 5.74) is -0.565. The molecule has 2 fully saturated rings. The maximum Gasteiger partial charge on any atom is 0.408 e. The van der Waals surface area contributed by atoms with Gasteiger partial charge in [-0.05, 0) is 62.0 Å². The zero-order chi connectivity index (χ0) is 25.5. The largest absolute Gasteiger partial charge is 0.465 e. The van der Waals surface area contributed by atoms with E-state index in [9.17, 15) is 24.4 Å². The molecule has 36 heavy (non-hydrogen) atoms. The number of hydrogen-bond acceptors (Lipinski definition) is 7. The monoisotopic (exact) mass is 505 g/mol. The Hall–Kier alpha value is -2.86. The van der Waals surface area contributed by atoms with Crippen molar-refractivity contribution < 1.29 is 33.4 Å². The molecule has 0 aromatic heterocycles. The Balaban J connectivity index is 1.44. The standard InChI is InChI=1S/C25H32FN3O7/c26-19-6-4-18(5-7-19)22-9-8-20(27-24(30)31)17-25(22,29(32)33)28-12-10-21(11-13-28)34-15-16-36-23-3-1-2-14-35-23/h4-9,21,23,27H,1-3,10-17H2,(H,30,31). The van der Waals surface area contributed by atoms with E-state index in [1.54, 1.807) is 11.0 Å². The zero-order valence-corrected chi connectivity index (χ0v) is 20.1. The van der Waals surface area contributed by atoms with Crippen molar-refractivity contribution in [1.29, 1.82) is 0 Å². The van der Waals surface area contributed by atoms with Crippen LogP contribution in [0, 0.1) is 15.9 Å². The van der Waals surface area contributed by atoms with Crippen LogP contribution >= 0.6 is 0 Å². The molecule has 11 heteroatoms. The Morgan fingerprint density at radius 1 is 1.17 bits per heavy atom. The van der Waals surface area contributed by atoms with Gasteiger partial charge in [0.05, 0.1) is 31.3 Å². The molecule has 2 saturated heterocycles. The van der Waals surface area contributed by atoms with Crippen molar-refractivity contribution in [1.82, 2.24) is 10.2 Å². The van der Waals surface area contributed by atoms with Gasteiger partial charge in [0.25, 0.3) is 0 Å². The van der Waals surface area contributed by atoms with Crippen LogP contribution in [-0.2, 0) is 14.2 Å². The summed E-state index contributed by atoms with van der Waals surface area (Å²) in [6, 6.07) is 5.54. The number of carboxylic acid groups (broad SMARTS) is 1. The van der Waals surface area contributed by atoms with Crippen molar-refractivity contribution >= 4 is 11.7 Å². The fourth-order valence-corrected chi connectivity index (χ4v) is 5.11. The van der Waals surface area contributed by atoms with Gasteiger partial charge >= 0.3 is 11.8 Å². The number of allylic oxidation sites excluding steroid dienone is 2. The van der Waals surface area contributed by atoms with Gasteiger partial charge in [-0.2, -0.15) is 0 Å². The maximum atomic E-state index is 13.6. The lowest BCUT2D eigenvalue weighted by Crippen LogP contribution is -2.59. The molecule has 1 aliphatic carbocycles. The third-order valence-electron chi connectivity index (χ3n) is 6.89. The van der Waals surface area contributed by atoms with Crippen molar-refractivity contribution in [2.24, 2.45) is 0 Å². The molecule has 196 valence electrons. The molecule has 4 rings (SSSR count). The fraction of sp³-hybridized carbons (Fsp3) is 0.560. The summed E-state index contributed by atoms with van der Waals surface area (Å²) in [7, 11) is 0. The third kappa shape index (κ3) is 6.09. The van der Waals surface area contributed by atoms with Crippen LogP contribution in [0.3, 0.4) is 0 Å². The van der Waals surface area contributed by atoms with E-state index in [1.165, 1.54) is 30.3 Å². The number of hydrogen-bond donors (Lipinski definition) is 2. The molecule has 3 aliphatic rings. The Bertz CT molecular complexity index is 986. The minimum atomic E-state index is -1.70. The van der Waals surface area contributed by atoms with E-state index in [0.29, 0.717) is 50.3 Å². The van der Waals surface area contributed by atoms with Gasteiger partial charge in [0, 0.05) is 30.3 Å². The fourth-order valence-electron chi connectivity index (χ4n) is 5.11. The zero-order valence-electron chi connectivity index (χ0n) is 20.1. The Labute approximate surface area is 208 Å². The van der Waals surface area contributed by atoms with Crippen molar-refractivity contribution in [3.05, 3.63) is 63.6 Å². The number of nitrogens with one attached hydrogen (secondary N) is 1. The van der Waals surface area contributed by atoms with Crippen LogP contribution in [0.25, 0.3) is 5.57 Å². The molecule has 1 aromatic rings. The lowest BCUT2D eigenvalue weighted by Gasteiger charge is -2.43. The number of nitro groups is 1. The second-order valence-electron chi connectivity index (χ2n) is 9.18. The normalized spacial score (nSPS) is 25.6. The Morgan fingerprint density at radius 2 is 1.89 bits per heavy atom. The number of rotatable bonds is 9. The second kappa shape index (κ2) is 11.9. The number of nitrogens with zero attached hydrogens (tertiary/aromatic N) is 2. The van der Waals surface area contributed by atoms with Crippen LogP contribution in [0.5, 0.6) is 0 Å². The van der Waals surface area contributed by atoms with Crippen LogP contribution in [0.4, 0.5) is 9.18 Å². The molecular weight excluding hydrogens is 473 g/mol. The molecule has 2 atom stereocenters. The van der Waals surface area contributed by atoms with Crippen LogP contribution in [0.15, 0.2) is 42.1 Å². The smallest absolute Gasteiger partial charge is 0.408 e. The molecule has 1 amide bonds. The number of benzene rings is 1. The predicted molar refractivity (Wildman–Crippen MR) is 128 cm³/mol. The van der Waals surface area contributed by atoms with Crippen molar-refractivity contribution in [2.45, 2.75) is 56.6 Å². The van der Waals surface area contributed by atoms with Gasteiger partial charge in [-0.1, -0.05) is 12.1 Å². The van der Waals surface area contributed by atoms with E-state index in [1.807, 2.05) is 0 Å². The highest BCUT2D eigenvalue weighted by molar-refractivity contribution is 5.76. The Kier molecular flexibility index (Phi) is 8.68. The molecule has 2 unspecified atom stereocenters. The number of halogens is 1. The number of carbonyl (C=O) groups is 1. The Morgan fingerprint density at radius 3 is 2.53 bits per heavy atom. The summed E-state index contributed by atoms with van der Waals surface area (Å²) in [5.74, 6) is -0.442. The average Bonchev–Trinajstić information content (AvgIpc) is 2.88. The summed E-state index contributed by atoms with van der Waals surface area (Å²) in [6.07, 6.45) is 5.61. The topological polar surface area (TPSA) is 123 Å². The first-order chi connectivity index (χ1) is 17.4. The van der Waals surface area contributed by atoms with Crippen LogP contribution in [0.2, 0.25) is 0 Å². The SMILES string of the molecule is O=C(O)NC1=CC=C(c2ccc(F)cc2)C(N2CCC(OCCOC3CCCCO3)CC2)([N+](=O)[O-])C1. The van der Waals surface area contributed by atoms with E-state index in [2.05, 4.69) is 5.32 Å². The summed E-state index contributed by atoms with van der Waals surface area (Å²) >= 11 is 0. The van der Waals surface area contributed by atoms with Crippen molar-refractivity contribution in [3.8, 4) is 0 Å². The molecule has 10 nitrogen and oxygen atoms in total.